The van der Waals surface area contributed by atoms with Crippen molar-refractivity contribution < 1.29 is 20.9 Å². The van der Waals surface area contributed by atoms with E-state index in [0.29, 0.717) is 30.2 Å². The number of allylic oxidation sites excluding steroid dienone is 1. The maximum Gasteiger partial charge on any atom is 0.228 e. The van der Waals surface area contributed by atoms with Gasteiger partial charge in [-0.05, 0) is 24.6 Å². The molecule has 0 saturated heterocycles. The van der Waals surface area contributed by atoms with Gasteiger partial charge in [-0.15, -0.1) is 0 Å². The highest BCUT2D eigenvalue weighted by atomic mass is 16.7. The number of carbonyl (C=O) groups excluding carboxylic acids is 1. The smallest absolute Gasteiger partial charge is 0.228 e. The SMILES string of the molecule is C=CC(=N)C(C)(C)C.CCCC(=O)N(CCONCO)c1ccc(OC)cn1.[HH]. The first-order valence-corrected chi connectivity index (χ1v) is 9.18. The van der Waals surface area contributed by atoms with Gasteiger partial charge in [0.25, 0.3) is 0 Å². The Morgan fingerprint density at radius 1 is 1.46 bits per heavy atom. The summed E-state index contributed by atoms with van der Waals surface area (Å²) in [6, 6.07) is 3.48. The lowest BCUT2D eigenvalue weighted by atomic mass is 9.90. The molecule has 8 nitrogen and oxygen atoms in total. The Bertz CT molecular complexity index is 603. The van der Waals surface area contributed by atoms with Gasteiger partial charge in [0.05, 0.1) is 26.5 Å². The summed E-state index contributed by atoms with van der Waals surface area (Å²) < 4.78 is 5.04. The van der Waals surface area contributed by atoms with E-state index in [1.807, 2.05) is 27.7 Å². The maximum atomic E-state index is 12.1. The normalized spacial score (nSPS) is 10.5. The molecule has 1 amide bonds. The van der Waals surface area contributed by atoms with Crippen molar-refractivity contribution in [3.63, 3.8) is 0 Å². The molecule has 0 spiro atoms. The third kappa shape index (κ3) is 10.1. The maximum absolute atomic E-state index is 12.1. The van der Waals surface area contributed by atoms with Crippen molar-refractivity contribution in [2.24, 2.45) is 5.41 Å². The lowest BCUT2D eigenvalue weighted by Crippen LogP contribution is -2.35. The van der Waals surface area contributed by atoms with E-state index in [9.17, 15) is 4.79 Å². The van der Waals surface area contributed by atoms with Crippen molar-refractivity contribution in [2.75, 3.05) is 31.9 Å². The summed E-state index contributed by atoms with van der Waals surface area (Å²) in [5.74, 6) is 1.17. The third-order valence-electron chi connectivity index (χ3n) is 3.59. The molecular weight excluding hydrogens is 360 g/mol. The van der Waals surface area contributed by atoms with E-state index in [4.69, 9.17) is 20.1 Å². The minimum atomic E-state index is -0.274. The Hall–Kier alpha value is -2.29. The fourth-order valence-corrected chi connectivity index (χ4v) is 1.93. The van der Waals surface area contributed by atoms with E-state index in [1.165, 1.54) is 0 Å². The zero-order chi connectivity index (χ0) is 21.6. The topological polar surface area (TPSA) is 108 Å². The Balaban J connectivity index is 0. The number of pyridine rings is 1. The molecule has 0 aliphatic rings. The number of amides is 1. The zero-order valence-corrected chi connectivity index (χ0v) is 17.6. The molecule has 0 unspecified atom stereocenters. The van der Waals surface area contributed by atoms with E-state index < -0.39 is 0 Å². The number of hydroxylamine groups is 1. The lowest BCUT2D eigenvalue weighted by molar-refractivity contribution is -0.119. The predicted octanol–water partition coefficient (Wildman–Crippen LogP) is 3.18. The van der Waals surface area contributed by atoms with Crippen LogP contribution in [-0.4, -0.2) is 48.7 Å². The number of nitrogens with zero attached hydrogens (tertiary/aromatic N) is 2. The monoisotopic (exact) mass is 396 g/mol. The summed E-state index contributed by atoms with van der Waals surface area (Å²) in [6.07, 6.45) is 4.36. The summed E-state index contributed by atoms with van der Waals surface area (Å²) in [7, 11) is 1.56. The molecule has 0 saturated carbocycles. The van der Waals surface area contributed by atoms with Gasteiger partial charge in [0.2, 0.25) is 5.91 Å². The first-order chi connectivity index (χ1) is 13.2. The molecule has 0 aliphatic heterocycles. The number of aliphatic hydroxyl groups excluding tert-OH is 1. The molecule has 1 heterocycles. The number of rotatable bonds is 10. The second-order valence-electron chi connectivity index (χ2n) is 6.87. The summed E-state index contributed by atoms with van der Waals surface area (Å²) in [5.41, 5.74) is 2.89. The number of hydrogen-bond acceptors (Lipinski definition) is 7. The van der Waals surface area contributed by atoms with Crippen LogP contribution in [0.5, 0.6) is 5.75 Å². The van der Waals surface area contributed by atoms with E-state index >= 15 is 0 Å². The average molecular weight is 397 g/mol. The molecule has 160 valence electrons. The van der Waals surface area contributed by atoms with Crippen LogP contribution in [0.2, 0.25) is 0 Å². The number of carbonyl (C=O) groups is 1. The molecule has 3 N–H and O–H groups in total. The van der Waals surface area contributed by atoms with Crippen LogP contribution in [-0.2, 0) is 9.63 Å². The summed E-state index contributed by atoms with van der Waals surface area (Å²) in [6.45, 7) is 11.8. The van der Waals surface area contributed by atoms with Gasteiger partial charge in [-0.1, -0.05) is 34.3 Å². The van der Waals surface area contributed by atoms with E-state index in [2.05, 4.69) is 17.0 Å². The molecule has 1 rings (SSSR count). The van der Waals surface area contributed by atoms with Crippen LogP contribution in [0.15, 0.2) is 31.0 Å². The van der Waals surface area contributed by atoms with Crippen LogP contribution in [0, 0.1) is 10.8 Å². The second-order valence-corrected chi connectivity index (χ2v) is 6.87. The number of hydrogen-bond donors (Lipinski definition) is 3. The fourth-order valence-electron chi connectivity index (χ4n) is 1.93. The quantitative estimate of drug-likeness (QED) is 0.243. The molecule has 0 fully saturated rings. The van der Waals surface area contributed by atoms with Gasteiger partial charge in [-0.25, -0.2) is 4.98 Å². The Labute approximate surface area is 169 Å². The van der Waals surface area contributed by atoms with E-state index in [-0.39, 0.29) is 26.1 Å². The van der Waals surface area contributed by atoms with Crippen LogP contribution in [0.25, 0.3) is 0 Å². The number of aromatic nitrogens is 1. The summed E-state index contributed by atoms with van der Waals surface area (Å²) in [5, 5.41) is 15.8. The van der Waals surface area contributed by atoms with Gasteiger partial charge >= 0.3 is 0 Å². The van der Waals surface area contributed by atoms with Gasteiger partial charge in [-0.3, -0.25) is 14.5 Å². The van der Waals surface area contributed by atoms with Crippen LogP contribution in [0.3, 0.4) is 0 Å². The van der Waals surface area contributed by atoms with E-state index in [0.717, 1.165) is 6.42 Å². The molecule has 0 aromatic carbocycles. The lowest BCUT2D eigenvalue weighted by Gasteiger charge is -2.21. The summed E-state index contributed by atoms with van der Waals surface area (Å²) in [4.78, 5) is 22.8. The Morgan fingerprint density at radius 2 is 2.14 bits per heavy atom. The number of ether oxygens (including phenoxy) is 1. The fraction of sp³-hybridized carbons (Fsp3) is 0.550. The zero-order valence-electron chi connectivity index (χ0n) is 17.6. The molecule has 28 heavy (non-hydrogen) atoms. The largest absolute Gasteiger partial charge is 0.495 e. The number of nitrogens with one attached hydrogen (secondary N) is 2. The number of methoxy groups -OCH3 is 1. The van der Waals surface area contributed by atoms with Gasteiger partial charge in [-0.2, -0.15) is 5.48 Å². The molecule has 1 aromatic heterocycles. The van der Waals surface area contributed by atoms with Crippen molar-refractivity contribution in [3.8, 4) is 5.75 Å². The van der Waals surface area contributed by atoms with Crippen LogP contribution >= 0.6 is 0 Å². The van der Waals surface area contributed by atoms with Crippen molar-refractivity contribution in [2.45, 2.75) is 40.5 Å². The highest BCUT2D eigenvalue weighted by Crippen LogP contribution is 2.16. The second kappa shape index (κ2) is 13.8. The van der Waals surface area contributed by atoms with Crippen molar-refractivity contribution >= 4 is 17.4 Å². The Kier molecular flexibility index (Phi) is 12.7. The molecular formula is C20H36N4O4. The first kappa shape index (κ1) is 25.7. The van der Waals surface area contributed by atoms with Crippen molar-refractivity contribution in [1.82, 2.24) is 10.5 Å². The van der Waals surface area contributed by atoms with E-state index in [1.54, 1.807) is 36.4 Å². The molecule has 1 aromatic rings. The minimum absolute atomic E-state index is 0. The first-order valence-electron chi connectivity index (χ1n) is 9.18. The van der Waals surface area contributed by atoms with Gasteiger partial charge in [0, 0.05) is 19.0 Å². The Morgan fingerprint density at radius 3 is 2.54 bits per heavy atom. The number of anilines is 1. The molecule has 0 radical (unpaired) electrons. The third-order valence-corrected chi connectivity index (χ3v) is 3.59. The molecule has 8 heteroatoms. The summed E-state index contributed by atoms with van der Waals surface area (Å²) >= 11 is 0. The highest BCUT2D eigenvalue weighted by molar-refractivity contribution is 5.95. The van der Waals surface area contributed by atoms with Gasteiger partial charge < -0.3 is 15.3 Å². The number of aliphatic hydroxyl groups is 1. The molecule has 0 bridgehead atoms. The van der Waals surface area contributed by atoms with Crippen LogP contribution < -0.4 is 15.1 Å². The standard InChI is InChI=1S/C13H21N3O4.C7H13N.H2/c1-3-4-13(18)16(7-8-20-15-10-17)12-6-5-11(19-2)9-14-12;1-5-6(8)7(2,3)4;/h5-6,9,15,17H,3-4,7-8,10H2,1-2H3;5,8H,1H2,2-4H3;1H. The minimum Gasteiger partial charge on any atom is -0.495 e. The average Bonchev–Trinajstić information content (AvgIpc) is 2.67. The van der Waals surface area contributed by atoms with Crippen molar-refractivity contribution in [3.05, 3.63) is 31.0 Å². The van der Waals surface area contributed by atoms with Crippen molar-refractivity contribution in [1.29, 1.82) is 5.41 Å². The van der Waals surface area contributed by atoms with Gasteiger partial charge in [0.15, 0.2) is 0 Å². The highest BCUT2D eigenvalue weighted by Gasteiger charge is 2.16. The molecule has 0 aliphatic carbocycles. The molecule has 0 atom stereocenters. The van der Waals surface area contributed by atoms with Crippen LogP contribution in [0.4, 0.5) is 5.82 Å². The predicted molar refractivity (Wildman–Crippen MR) is 114 cm³/mol. The van der Waals surface area contributed by atoms with Gasteiger partial charge in [0.1, 0.15) is 18.3 Å². The van der Waals surface area contributed by atoms with Crippen LogP contribution in [0.1, 0.15) is 42.0 Å².